The van der Waals surface area contributed by atoms with Crippen molar-refractivity contribution >= 4 is 29.4 Å². The van der Waals surface area contributed by atoms with E-state index in [0.29, 0.717) is 16.5 Å². The first-order chi connectivity index (χ1) is 11.4. The number of nitrogen functional groups attached to an aromatic ring is 1. The largest absolute Gasteiger partial charge is 0.426 e. The molecule has 0 aliphatic carbocycles. The molecule has 2 aliphatic rings. The average Bonchev–Trinajstić information content (AvgIpc) is 2.83. The van der Waals surface area contributed by atoms with Crippen molar-refractivity contribution in [2.75, 3.05) is 5.73 Å². The topological polar surface area (TPSA) is 116 Å². The van der Waals surface area contributed by atoms with Crippen LogP contribution in [0.5, 0.6) is 5.75 Å². The van der Waals surface area contributed by atoms with E-state index in [9.17, 15) is 19.2 Å². The molecule has 0 aromatic heterocycles. The molecule has 0 spiro atoms. The molecule has 2 heterocycles. The molecule has 2 atom stereocenters. The van der Waals surface area contributed by atoms with Gasteiger partial charge in [0.25, 0.3) is 11.8 Å². The van der Waals surface area contributed by atoms with E-state index in [-0.39, 0.29) is 25.2 Å². The highest BCUT2D eigenvalue weighted by Crippen LogP contribution is 2.40. The third-order valence-electron chi connectivity index (χ3n) is 4.23. The molecular weight excluding hydrogens is 316 g/mol. The number of hydrogen-bond donors (Lipinski definition) is 1. The number of esters is 1. The molecule has 8 nitrogen and oxygen atoms in total. The number of anilines is 1. The fraction of sp³-hybridized carbons (Fsp3) is 0.375. The molecule has 1 aromatic carbocycles. The number of carbonyl (C=O) groups is 4. The van der Waals surface area contributed by atoms with E-state index in [2.05, 4.69) is 0 Å². The predicted octanol–water partition coefficient (Wildman–Crippen LogP) is 0.905. The van der Waals surface area contributed by atoms with Gasteiger partial charge in [0.05, 0.1) is 12.3 Å². The van der Waals surface area contributed by atoms with E-state index in [1.54, 1.807) is 25.1 Å². The first-order valence-electron chi connectivity index (χ1n) is 7.54. The van der Waals surface area contributed by atoms with Gasteiger partial charge in [-0.05, 0) is 17.5 Å². The third kappa shape index (κ3) is 2.82. The Morgan fingerprint density at radius 1 is 1.29 bits per heavy atom. The monoisotopic (exact) mass is 332 g/mol. The minimum Gasteiger partial charge on any atom is -0.426 e. The Kier molecular flexibility index (Phi) is 3.96. The summed E-state index contributed by atoms with van der Waals surface area (Å²) >= 11 is 0. The number of nitrogens with two attached hydrogens (primary N) is 1. The van der Waals surface area contributed by atoms with Crippen LogP contribution in [0.3, 0.4) is 0 Å². The Morgan fingerprint density at radius 2 is 1.96 bits per heavy atom. The van der Waals surface area contributed by atoms with Crippen molar-refractivity contribution in [1.82, 2.24) is 5.06 Å². The number of ether oxygens (including phenoxy) is 1. The molecule has 2 amide bonds. The van der Waals surface area contributed by atoms with E-state index in [0.717, 1.165) is 5.56 Å². The lowest BCUT2D eigenvalue weighted by atomic mass is 9.83. The number of hydroxylamine groups is 2. The highest BCUT2D eigenvalue weighted by molar-refractivity contribution is 6.01. The molecule has 2 unspecified atom stereocenters. The summed E-state index contributed by atoms with van der Waals surface area (Å²) < 4.78 is 5.23. The molecule has 0 radical (unpaired) electrons. The SMILES string of the molecule is CC1c2ccc(N)cc2OC(=O)C1CC(=O)ON1C(=O)CCC1=O. The fourth-order valence-electron chi connectivity index (χ4n) is 2.86. The summed E-state index contributed by atoms with van der Waals surface area (Å²) in [6, 6.07) is 4.99. The van der Waals surface area contributed by atoms with Crippen LogP contribution >= 0.6 is 0 Å². The van der Waals surface area contributed by atoms with Gasteiger partial charge in [-0.1, -0.05) is 13.0 Å². The van der Waals surface area contributed by atoms with Crippen LogP contribution in [0.25, 0.3) is 0 Å². The van der Waals surface area contributed by atoms with Gasteiger partial charge in [-0.15, -0.1) is 5.06 Å². The smallest absolute Gasteiger partial charge is 0.334 e. The number of imide groups is 1. The molecule has 24 heavy (non-hydrogen) atoms. The zero-order chi connectivity index (χ0) is 17.4. The van der Waals surface area contributed by atoms with Crippen molar-refractivity contribution in [3.05, 3.63) is 23.8 Å². The minimum absolute atomic E-state index is 0.0167. The molecule has 2 aliphatic heterocycles. The number of amides is 2. The van der Waals surface area contributed by atoms with Gasteiger partial charge in [0.15, 0.2) is 0 Å². The zero-order valence-electron chi connectivity index (χ0n) is 13.0. The molecule has 3 rings (SSSR count). The molecule has 1 saturated heterocycles. The van der Waals surface area contributed by atoms with E-state index in [1.165, 1.54) is 0 Å². The second kappa shape index (κ2) is 5.95. The predicted molar refractivity (Wildman–Crippen MR) is 80.2 cm³/mol. The molecule has 8 heteroatoms. The van der Waals surface area contributed by atoms with Crippen LogP contribution in [0, 0.1) is 5.92 Å². The highest BCUT2D eigenvalue weighted by Gasteiger charge is 2.39. The van der Waals surface area contributed by atoms with Gasteiger partial charge in [0.1, 0.15) is 5.75 Å². The summed E-state index contributed by atoms with van der Waals surface area (Å²) in [5.74, 6) is -3.20. The second-order valence-electron chi connectivity index (χ2n) is 5.86. The molecule has 1 aromatic rings. The quantitative estimate of drug-likeness (QED) is 0.378. The molecule has 0 bridgehead atoms. The summed E-state index contributed by atoms with van der Waals surface area (Å²) in [6.07, 6.45) is -0.257. The summed E-state index contributed by atoms with van der Waals surface area (Å²) in [7, 11) is 0. The fourth-order valence-corrected chi connectivity index (χ4v) is 2.86. The van der Waals surface area contributed by atoms with Crippen LogP contribution < -0.4 is 10.5 Å². The minimum atomic E-state index is -0.828. The van der Waals surface area contributed by atoms with Crippen LogP contribution in [-0.2, 0) is 24.0 Å². The van der Waals surface area contributed by atoms with Crippen LogP contribution in [0.2, 0.25) is 0 Å². The van der Waals surface area contributed by atoms with E-state index < -0.39 is 29.7 Å². The van der Waals surface area contributed by atoms with Gasteiger partial charge in [0.2, 0.25) is 0 Å². The third-order valence-corrected chi connectivity index (χ3v) is 4.23. The van der Waals surface area contributed by atoms with Crippen LogP contribution in [-0.4, -0.2) is 28.8 Å². The Bertz CT molecular complexity index is 728. The first kappa shape index (κ1) is 16.0. The standard InChI is InChI=1S/C16H16N2O6/c1-8-10-3-2-9(17)6-12(10)23-16(22)11(8)7-15(21)24-18-13(19)4-5-14(18)20/h2-3,6,8,11H,4-5,7,17H2,1H3. The molecular formula is C16H16N2O6. The van der Waals surface area contributed by atoms with Crippen LogP contribution in [0.1, 0.15) is 37.7 Å². The van der Waals surface area contributed by atoms with Crippen molar-refractivity contribution in [1.29, 1.82) is 0 Å². The zero-order valence-corrected chi connectivity index (χ0v) is 13.0. The van der Waals surface area contributed by atoms with Gasteiger partial charge in [-0.3, -0.25) is 14.4 Å². The number of carbonyl (C=O) groups excluding carboxylic acids is 4. The van der Waals surface area contributed by atoms with E-state index in [4.69, 9.17) is 15.3 Å². The van der Waals surface area contributed by atoms with Gasteiger partial charge in [-0.25, -0.2) is 4.79 Å². The van der Waals surface area contributed by atoms with Gasteiger partial charge < -0.3 is 15.3 Å². The Balaban J connectivity index is 1.72. The lowest BCUT2D eigenvalue weighted by Gasteiger charge is -2.29. The van der Waals surface area contributed by atoms with Gasteiger partial charge in [-0.2, -0.15) is 0 Å². The van der Waals surface area contributed by atoms with Gasteiger partial charge >= 0.3 is 11.9 Å². The van der Waals surface area contributed by atoms with Crippen molar-refractivity contribution in [3.63, 3.8) is 0 Å². The maximum atomic E-state index is 12.2. The lowest BCUT2D eigenvalue weighted by Crippen LogP contribution is -2.36. The Hall–Kier alpha value is -2.90. The first-order valence-corrected chi connectivity index (χ1v) is 7.54. The summed E-state index contributed by atoms with van der Waals surface area (Å²) in [4.78, 5) is 51.9. The molecule has 1 fully saturated rings. The molecule has 126 valence electrons. The second-order valence-corrected chi connectivity index (χ2v) is 5.86. The number of hydrogen-bond acceptors (Lipinski definition) is 7. The summed E-state index contributed by atoms with van der Waals surface area (Å²) in [6.45, 7) is 1.79. The van der Waals surface area contributed by atoms with Crippen molar-refractivity contribution in [2.45, 2.75) is 32.1 Å². The average molecular weight is 332 g/mol. The summed E-state index contributed by atoms with van der Waals surface area (Å²) in [5, 5.41) is 0.468. The van der Waals surface area contributed by atoms with Crippen LogP contribution in [0.15, 0.2) is 18.2 Å². The van der Waals surface area contributed by atoms with Gasteiger partial charge in [0, 0.05) is 24.6 Å². The van der Waals surface area contributed by atoms with Crippen molar-refractivity contribution < 1.29 is 28.8 Å². The lowest BCUT2D eigenvalue weighted by molar-refractivity contribution is -0.198. The normalized spacial score (nSPS) is 23.0. The van der Waals surface area contributed by atoms with E-state index in [1.807, 2.05) is 0 Å². The highest BCUT2D eigenvalue weighted by atomic mass is 16.7. The van der Waals surface area contributed by atoms with Crippen molar-refractivity contribution in [3.8, 4) is 5.75 Å². The Labute approximate surface area is 137 Å². The summed E-state index contributed by atoms with van der Waals surface area (Å²) in [5.41, 5.74) is 6.90. The number of fused-ring (bicyclic) bond motifs is 1. The maximum Gasteiger partial charge on any atom is 0.334 e. The van der Waals surface area contributed by atoms with Crippen molar-refractivity contribution in [2.24, 2.45) is 5.92 Å². The number of rotatable bonds is 3. The number of nitrogens with zero attached hydrogens (tertiary/aromatic N) is 1. The van der Waals surface area contributed by atoms with Crippen LogP contribution in [0.4, 0.5) is 5.69 Å². The Morgan fingerprint density at radius 3 is 2.62 bits per heavy atom. The maximum absolute atomic E-state index is 12.2. The molecule has 0 saturated carbocycles. The number of benzene rings is 1. The molecule has 2 N–H and O–H groups in total. The van der Waals surface area contributed by atoms with E-state index >= 15 is 0 Å².